The second-order valence-corrected chi connectivity index (χ2v) is 9.46. The molecule has 2 aliphatic rings. The first-order valence-corrected chi connectivity index (χ1v) is 12.3. The molecule has 0 unspecified atom stereocenters. The normalized spacial score (nSPS) is 19.4. The van der Waals surface area contributed by atoms with Gasteiger partial charge in [0.25, 0.3) is 0 Å². The fraction of sp³-hybridized carbons (Fsp3) is 0.429. The second kappa shape index (κ2) is 10.8. The predicted molar refractivity (Wildman–Crippen MR) is 133 cm³/mol. The highest BCUT2D eigenvalue weighted by Gasteiger charge is 2.41. The number of rotatable bonds is 7. The number of nitrogens with zero attached hydrogens (tertiary/aromatic N) is 2. The molecule has 1 saturated heterocycles. The minimum Gasteiger partial charge on any atom is -0.461 e. The number of carbonyl (C=O) groups excluding carboxylic acids is 3. The lowest BCUT2D eigenvalue weighted by Gasteiger charge is -2.29. The maximum atomic E-state index is 13.4. The van der Waals surface area contributed by atoms with Gasteiger partial charge in [-0.3, -0.25) is 9.59 Å². The van der Waals surface area contributed by atoms with Crippen molar-refractivity contribution in [3.8, 4) is 17.2 Å². The molecule has 1 aliphatic carbocycles. The zero-order valence-corrected chi connectivity index (χ0v) is 20.8. The molecule has 188 valence electrons. The van der Waals surface area contributed by atoms with Gasteiger partial charge >= 0.3 is 12.1 Å². The number of hydrogen-bond acceptors (Lipinski definition) is 6. The van der Waals surface area contributed by atoms with E-state index in [1.54, 1.807) is 0 Å². The Balaban J connectivity index is 1.42. The van der Waals surface area contributed by atoms with Crippen molar-refractivity contribution in [2.24, 2.45) is 5.92 Å². The van der Waals surface area contributed by atoms with Gasteiger partial charge in [0.2, 0.25) is 5.91 Å². The Morgan fingerprint density at radius 1 is 1.17 bits per heavy atom. The number of alkyl carbamates (subject to hydrolysis) is 1. The van der Waals surface area contributed by atoms with Gasteiger partial charge in [-0.15, -0.1) is 0 Å². The molecule has 1 fully saturated rings. The van der Waals surface area contributed by atoms with E-state index in [2.05, 4.69) is 29.6 Å². The van der Waals surface area contributed by atoms with Crippen LogP contribution in [-0.4, -0.2) is 47.6 Å². The van der Waals surface area contributed by atoms with Crippen molar-refractivity contribution in [1.29, 1.82) is 5.26 Å². The average molecular weight is 490 g/mol. The van der Waals surface area contributed by atoms with Crippen LogP contribution in [0.25, 0.3) is 11.1 Å². The van der Waals surface area contributed by atoms with E-state index in [-0.39, 0.29) is 31.4 Å². The minimum atomic E-state index is -0.861. The van der Waals surface area contributed by atoms with Crippen LogP contribution in [0.1, 0.15) is 50.3 Å². The lowest BCUT2D eigenvalue weighted by molar-refractivity contribution is -0.146. The molecular formula is C28H31N3O5. The summed E-state index contributed by atoms with van der Waals surface area (Å²) in [5.41, 5.74) is 5.67. The van der Waals surface area contributed by atoms with E-state index in [0.29, 0.717) is 6.42 Å². The summed E-state index contributed by atoms with van der Waals surface area (Å²) in [6.45, 7) is 5.30. The predicted octanol–water partition coefficient (Wildman–Crippen LogP) is 3.95. The van der Waals surface area contributed by atoms with Crippen LogP contribution in [0.3, 0.4) is 0 Å². The Bertz CT molecular complexity index is 1200. The molecule has 1 N–H and O–H groups in total. The van der Waals surface area contributed by atoms with Crippen molar-refractivity contribution in [3.63, 3.8) is 0 Å². The number of nitriles is 1. The molecule has 2 amide bonds. The number of likely N-dealkylation sites (tertiary alicyclic amines) is 1. The molecule has 36 heavy (non-hydrogen) atoms. The van der Waals surface area contributed by atoms with Crippen LogP contribution in [0, 0.1) is 17.2 Å². The molecule has 0 radical (unpaired) electrons. The van der Waals surface area contributed by atoms with E-state index < -0.39 is 30.3 Å². The van der Waals surface area contributed by atoms with Crippen LogP contribution in [0.15, 0.2) is 42.5 Å². The first-order chi connectivity index (χ1) is 17.3. The van der Waals surface area contributed by atoms with Gasteiger partial charge in [-0.2, -0.15) is 5.26 Å². The van der Waals surface area contributed by atoms with Gasteiger partial charge in [0.05, 0.1) is 12.6 Å². The Labute approximate surface area is 211 Å². The van der Waals surface area contributed by atoms with Crippen molar-refractivity contribution < 1.29 is 23.9 Å². The number of hydrogen-bond donors (Lipinski definition) is 1. The third-order valence-electron chi connectivity index (χ3n) is 7.09. The highest BCUT2D eigenvalue weighted by atomic mass is 16.6. The quantitative estimate of drug-likeness (QED) is 0.504. The molecule has 2 aromatic carbocycles. The molecule has 1 heterocycles. The summed E-state index contributed by atoms with van der Waals surface area (Å²) in [5.74, 6) is -1.02. The second-order valence-electron chi connectivity index (χ2n) is 9.46. The number of nitrogens with one attached hydrogen (secondary N) is 1. The summed E-state index contributed by atoms with van der Waals surface area (Å²) in [5, 5.41) is 12.3. The summed E-state index contributed by atoms with van der Waals surface area (Å²) < 4.78 is 10.8. The standard InChI is InChI=1S/C28H31N3O5/c1-4-17(2)26(27(33)31-15-22(36-18(3)32)13-21(31)14-29)30-28(34)35-16-20-9-7-11-24-23-10-6-5-8-19(23)12-25(20)24/h5-11,17,21-22,26H,4,12-13,15-16H2,1-3H3,(H,30,34)/t17-,21-,22-,26-/m0/s1. The fourth-order valence-electron chi connectivity index (χ4n) is 5.02. The molecule has 4 atom stereocenters. The lowest BCUT2D eigenvalue weighted by Crippen LogP contribution is -2.53. The third kappa shape index (κ3) is 5.20. The Kier molecular flexibility index (Phi) is 7.58. The molecule has 8 nitrogen and oxygen atoms in total. The van der Waals surface area contributed by atoms with Crippen LogP contribution in [-0.2, 0) is 32.1 Å². The number of amides is 2. The van der Waals surface area contributed by atoms with Gasteiger partial charge in [0.1, 0.15) is 24.8 Å². The molecule has 0 bridgehead atoms. The van der Waals surface area contributed by atoms with Gasteiger partial charge in [-0.05, 0) is 40.2 Å². The molecule has 0 spiro atoms. The van der Waals surface area contributed by atoms with E-state index >= 15 is 0 Å². The number of esters is 1. The van der Waals surface area contributed by atoms with E-state index in [1.165, 1.54) is 23.0 Å². The third-order valence-corrected chi connectivity index (χ3v) is 7.09. The monoisotopic (exact) mass is 489 g/mol. The molecule has 0 aromatic heterocycles. The van der Waals surface area contributed by atoms with Gasteiger partial charge in [-0.1, -0.05) is 62.7 Å². The largest absolute Gasteiger partial charge is 0.461 e. The van der Waals surface area contributed by atoms with Crippen molar-refractivity contribution in [2.45, 2.75) is 64.8 Å². The van der Waals surface area contributed by atoms with Gasteiger partial charge < -0.3 is 19.7 Å². The van der Waals surface area contributed by atoms with Crippen LogP contribution in [0.4, 0.5) is 4.79 Å². The zero-order valence-electron chi connectivity index (χ0n) is 20.8. The van der Waals surface area contributed by atoms with Crippen LogP contribution in [0.5, 0.6) is 0 Å². The van der Waals surface area contributed by atoms with E-state index in [0.717, 1.165) is 23.1 Å². The smallest absolute Gasteiger partial charge is 0.408 e. The average Bonchev–Trinajstić information content (AvgIpc) is 3.46. The molecule has 8 heteroatoms. The van der Waals surface area contributed by atoms with Gasteiger partial charge in [0, 0.05) is 13.3 Å². The number of ether oxygens (including phenoxy) is 2. The lowest BCUT2D eigenvalue weighted by atomic mass is 9.97. The first kappa shape index (κ1) is 25.2. The van der Waals surface area contributed by atoms with Crippen LogP contribution in [0.2, 0.25) is 0 Å². The number of carbonyl (C=O) groups is 3. The van der Waals surface area contributed by atoms with Crippen LogP contribution >= 0.6 is 0 Å². The van der Waals surface area contributed by atoms with Gasteiger partial charge in [-0.25, -0.2) is 4.79 Å². The Hall–Kier alpha value is -3.86. The maximum Gasteiger partial charge on any atom is 0.408 e. The topological polar surface area (TPSA) is 109 Å². The molecular weight excluding hydrogens is 458 g/mol. The summed E-state index contributed by atoms with van der Waals surface area (Å²) in [7, 11) is 0. The van der Waals surface area contributed by atoms with Gasteiger partial charge in [0.15, 0.2) is 0 Å². The van der Waals surface area contributed by atoms with Crippen LogP contribution < -0.4 is 5.32 Å². The molecule has 0 saturated carbocycles. The van der Waals surface area contributed by atoms with Crippen molar-refractivity contribution in [3.05, 3.63) is 59.2 Å². The summed E-state index contributed by atoms with van der Waals surface area (Å²) in [6.07, 6.45) is 0.450. The van der Waals surface area contributed by atoms with E-state index in [9.17, 15) is 19.6 Å². The minimum absolute atomic E-state index is 0.0868. The first-order valence-electron chi connectivity index (χ1n) is 12.3. The highest BCUT2D eigenvalue weighted by Crippen LogP contribution is 2.38. The van der Waals surface area contributed by atoms with E-state index in [4.69, 9.17) is 9.47 Å². The van der Waals surface area contributed by atoms with Crippen molar-refractivity contribution >= 4 is 18.0 Å². The van der Waals surface area contributed by atoms with Crippen molar-refractivity contribution in [2.75, 3.05) is 6.54 Å². The fourth-order valence-corrected chi connectivity index (χ4v) is 5.02. The number of benzene rings is 2. The Morgan fingerprint density at radius 3 is 2.64 bits per heavy atom. The summed E-state index contributed by atoms with van der Waals surface area (Å²) in [6, 6.07) is 14.7. The molecule has 2 aromatic rings. The maximum absolute atomic E-state index is 13.4. The van der Waals surface area contributed by atoms with E-state index in [1.807, 2.05) is 38.1 Å². The zero-order chi connectivity index (χ0) is 25.8. The highest BCUT2D eigenvalue weighted by molar-refractivity contribution is 5.87. The van der Waals surface area contributed by atoms with Crippen molar-refractivity contribution in [1.82, 2.24) is 10.2 Å². The molecule has 4 rings (SSSR count). The summed E-state index contributed by atoms with van der Waals surface area (Å²) in [4.78, 5) is 38.9. The SMILES string of the molecule is CC[C@H](C)[C@H](NC(=O)OCc1cccc2c1Cc1ccccc1-2)C(=O)N1C[C@@H](OC(C)=O)C[C@H]1C#N. The molecule has 1 aliphatic heterocycles. The summed E-state index contributed by atoms with van der Waals surface area (Å²) >= 11 is 0. The number of fused-ring (bicyclic) bond motifs is 3. The Morgan fingerprint density at radius 2 is 1.92 bits per heavy atom.